The molecule has 108 valence electrons. The van der Waals surface area contributed by atoms with Crippen molar-refractivity contribution in [2.75, 3.05) is 0 Å². The molecule has 0 aliphatic rings. The fraction of sp³-hybridized carbons (Fsp3) is 0.176. The second-order valence-electron chi connectivity index (χ2n) is 4.90. The van der Waals surface area contributed by atoms with E-state index >= 15 is 0 Å². The minimum Gasteiger partial charge on any atom is -0.369 e. The Hall–Kier alpha value is -2.62. The van der Waals surface area contributed by atoms with E-state index in [4.69, 9.17) is 5.73 Å². The maximum absolute atomic E-state index is 12.7. The van der Waals surface area contributed by atoms with Gasteiger partial charge in [-0.2, -0.15) is 0 Å². The van der Waals surface area contributed by atoms with Crippen molar-refractivity contribution in [3.63, 3.8) is 0 Å². The molecule has 1 amide bonds. The molecule has 2 N–H and O–H groups in total. The van der Waals surface area contributed by atoms with Gasteiger partial charge in [-0.05, 0) is 24.6 Å². The van der Waals surface area contributed by atoms with Crippen molar-refractivity contribution in [2.45, 2.75) is 19.9 Å². The lowest BCUT2D eigenvalue weighted by Crippen LogP contribution is -2.18. The standard InChI is InChI=1S/C17H18N2O2/c1-3-10-19-13(11-16(18)20)8-9-15(19)17(21)14-7-5-4-6-12(14)2/h3-9H,1,10-11H2,2H3,(H2,18,20). The molecule has 4 heteroatoms. The van der Waals surface area contributed by atoms with Gasteiger partial charge < -0.3 is 10.3 Å². The van der Waals surface area contributed by atoms with Crippen molar-refractivity contribution in [2.24, 2.45) is 5.73 Å². The molecule has 0 unspecified atom stereocenters. The summed E-state index contributed by atoms with van der Waals surface area (Å²) in [5, 5.41) is 0. The van der Waals surface area contributed by atoms with Crippen molar-refractivity contribution >= 4 is 11.7 Å². The lowest BCUT2D eigenvalue weighted by Gasteiger charge is -2.11. The number of primary amides is 1. The van der Waals surface area contributed by atoms with Crippen LogP contribution in [-0.2, 0) is 17.8 Å². The quantitative estimate of drug-likeness (QED) is 0.652. The second kappa shape index (κ2) is 6.22. The number of nitrogens with zero attached hydrogens (tertiary/aromatic N) is 1. The first-order valence-corrected chi connectivity index (χ1v) is 6.72. The van der Waals surface area contributed by atoms with Crippen LogP contribution < -0.4 is 5.73 Å². The first-order valence-electron chi connectivity index (χ1n) is 6.72. The molecule has 0 radical (unpaired) electrons. The number of nitrogens with two attached hydrogens (primary N) is 1. The SMILES string of the molecule is C=CCn1c(CC(N)=O)ccc1C(=O)c1ccccc1C. The van der Waals surface area contributed by atoms with Crippen LogP contribution in [0.1, 0.15) is 27.3 Å². The zero-order valence-corrected chi connectivity index (χ0v) is 12.0. The molecule has 0 aliphatic carbocycles. The molecule has 0 saturated heterocycles. The van der Waals surface area contributed by atoms with Gasteiger partial charge in [0.15, 0.2) is 0 Å². The van der Waals surface area contributed by atoms with E-state index in [1.807, 2.05) is 25.1 Å². The van der Waals surface area contributed by atoms with Gasteiger partial charge in [0.25, 0.3) is 0 Å². The van der Waals surface area contributed by atoms with E-state index in [1.54, 1.807) is 28.8 Å². The molecule has 21 heavy (non-hydrogen) atoms. The fourth-order valence-corrected chi connectivity index (χ4v) is 2.35. The Labute approximate surface area is 123 Å². The molecule has 0 bridgehead atoms. The number of aryl methyl sites for hydroxylation is 1. The van der Waals surface area contributed by atoms with Crippen LogP contribution in [-0.4, -0.2) is 16.3 Å². The van der Waals surface area contributed by atoms with Crippen molar-refractivity contribution in [3.05, 3.63) is 71.6 Å². The molecule has 0 saturated carbocycles. The van der Waals surface area contributed by atoms with E-state index in [2.05, 4.69) is 6.58 Å². The van der Waals surface area contributed by atoms with Gasteiger partial charge in [-0.3, -0.25) is 9.59 Å². The molecule has 0 fully saturated rings. The van der Waals surface area contributed by atoms with Crippen LogP contribution in [0.5, 0.6) is 0 Å². The number of hydrogen-bond donors (Lipinski definition) is 1. The largest absolute Gasteiger partial charge is 0.369 e. The summed E-state index contributed by atoms with van der Waals surface area (Å²) in [6.07, 6.45) is 1.80. The highest BCUT2D eigenvalue weighted by atomic mass is 16.1. The van der Waals surface area contributed by atoms with Crippen LogP contribution in [0, 0.1) is 6.92 Å². The van der Waals surface area contributed by atoms with Gasteiger partial charge in [-0.25, -0.2) is 0 Å². The zero-order valence-electron chi connectivity index (χ0n) is 12.0. The third-order valence-corrected chi connectivity index (χ3v) is 3.36. The third kappa shape index (κ3) is 3.11. The van der Waals surface area contributed by atoms with E-state index in [0.29, 0.717) is 17.8 Å². The summed E-state index contributed by atoms with van der Waals surface area (Å²) < 4.78 is 1.78. The summed E-state index contributed by atoms with van der Waals surface area (Å²) in [6.45, 7) is 6.06. The van der Waals surface area contributed by atoms with Gasteiger partial charge in [-0.1, -0.05) is 30.3 Å². The highest BCUT2D eigenvalue weighted by molar-refractivity contribution is 6.09. The molecule has 0 atom stereocenters. The van der Waals surface area contributed by atoms with E-state index < -0.39 is 5.91 Å². The number of carbonyl (C=O) groups is 2. The number of rotatable bonds is 6. The Morgan fingerprint density at radius 1 is 1.24 bits per heavy atom. The lowest BCUT2D eigenvalue weighted by molar-refractivity contribution is -0.117. The molecule has 2 rings (SSSR count). The summed E-state index contributed by atoms with van der Waals surface area (Å²) in [4.78, 5) is 23.8. The Morgan fingerprint density at radius 2 is 1.95 bits per heavy atom. The monoisotopic (exact) mass is 282 g/mol. The maximum Gasteiger partial charge on any atom is 0.223 e. The molecule has 0 spiro atoms. The van der Waals surface area contributed by atoms with Crippen LogP contribution in [0.3, 0.4) is 0 Å². The van der Waals surface area contributed by atoms with Gasteiger partial charge in [0, 0.05) is 17.8 Å². The molecule has 1 aromatic carbocycles. The Balaban J connectivity index is 2.46. The van der Waals surface area contributed by atoms with Gasteiger partial charge in [0.1, 0.15) is 0 Å². The number of aromatic nitrogens is 1. The van der Waals surface area contributed by atoms with Crippen LogP contribution in [0.2, 0.25) is 0 Å². The number of ketones is 1. The summed E-state index contributed by atoms with van der Waals surface area (Å²) in [5.74, 6) is -0.487. The van der Waals surface area contributed by atoms with Gasteiger partial charge in [0.2, 0.25) is 11.7 Å². The Kier molecular flexibility index (Phi) is 4.38. The average molecular weight is 282 g/mol. The van der Waals surface area contributed by atoms with Crippen molar-refractivity contribution in [1.29, 1.82) is 0 Å². The van der Waals surface area contributed by atoms with E-state index in [9.17, 15) is 9.59 Å². The summed E-state index contributed by atoms with van der Waals surface area (Å²) in [5.41, 5.74) is 8.09. The number of amides is 1. The normalized spacial score (nSPS) is 10.3. The summed E-state index contributed by atoms with van der Waals surface area (Å²) >= 11 is 0. The molecule has 1 aromatic heterocycles. The number of allylic oxidation sites excluding steroid dienone is 1. The predicted molar refractivity (Wildman–Crippen MR) is 82.1 cm³/mol. The number of benzene rings is 1. The second-order valence-corrected chi connectivity index (χ2v) is 4.90. The minimum atomic E-state index is -0.423. The first kappa shape index (κ1) is 14.8. The van der Waals surface area contributed by atoms with Crippen molar-refractivity contribution < 1.29 is 9.59 Å². The Morgan fingerprint density at radius 3 is 2.57 bits per heavy atom. The molecule has 4 nitrogen and oxygen atoms in total. The topological polar surface area (TPSA) is 65.1 Å². The molecule has 1 heterocycles. The molecule has 2 aromatic rings. The van der Waals surface area contributed by atoms with Crippen LogP contribution in [0.4, 0.5) is 0 Å². The van der Waals surface area contributed by atoms with Crippen LogP contribution >= 0.6 is 0 Å². The average Bonchev–Trinajstić information content (AvgIpc) is 2.81. The van der Waals surface area contributed by atoms with Crippen LogP contribution in [0.15, 0.2) is 49.1 Å². The molecule has 0 aliphatic heterocycles. The van der Waals surface area contributed by atoms with E-state index in [0.717, 1.165) is 11.3 Å². The van der Waals surface area contributed by atoms with Crippen molar-refractivity contribution in [3.8, 4) is 0 Å². The lowest BCUT2D eigenvalue weighted by atomic mass is 10.0. The van der Waals surface area contributed by atoms with Gasteiger partial charge in [0.05, 0.1) is 12.1 Å². The zero-order chi connectivity index (χ0) is 15.4. The van der Waals surface area contributed by atoms with Gasteiger partial charge in [-0.15, -0.1) is 6.58 Å². The van der Waals surface area contributed by atoms with Crippen LogP contribution in [0.25, 0.3) is 0 Å². The maximum atomic E-state index is 12.7. The summed E-state index contributed by atoms with van der Waals surface area (Å²) in [7, 11) is 0. The highest BCUT2D eigenvalue weighted by Gasteiger charge is 2.18. The van der Waals surface area contributed by atoms with E-state index in [-0.39, 0.29) is 12.2 Å². The number of hydrogen-bond acceptors (Lipinski definition) is 2. The smallest absolute Gasteiger partial charge is 0.223 e. The third-order valence-electron chi connectivity index (χ3n) is 3.36. The van der Waals surface area contributed by atoms with E-state index in [1.165, 1.54) is 0 Å². The Bertz CT molecular complexity index is 699. The first-order chi connectivity index (χ1) is 10.0. The minimum absolute atomic E-state index is 0.0642. The summed E-state index contributed by atoms with van der Waals surface area (Å²) in [6, 6.07) is 10.9. The van der Waals surface area contributed by atoms with Crippen molar-refractivity contribution in [1.82, 2.24) is 4.57 Å². The molecular formula is C17H18N2O2. The highest BCUT2D eigenvalue weighted by Crippen LogP contribution is 2.17. The molecular weight excluding hydrogens is 264 g/mol. The number of carbonyl (C=O) groups excluding carboxylic acids is 2. The fourth-order valence-electron chi connectivity index (χ4n) is 2.35. The predicted octanol–water partition coefficient (Wildman–Crippen LogP) is 2.24. The van der Waals surface area contributed by atoms with Gasteiger partial charge >= 0.3 is 0 Å².